The minimum Gasteiger partial charge on any atom is -0.497 e. The molecule has 2 atom stereocenters. The molecule has 39 heavy (non-hydrogen) atoms. The number of carbonyl (C=O) groups is 3. The van der Waals surface area contributed by atoms with Gasteiger partial charge in [0.25, 0.3) is 5.91 Å². The number of ether oxygens (including phenoxy) is 2. The van der Waals surface area contributed by atoms with Gasteiger partial charge in [-0.1, -0.05) is 31.4 Å². The molecule has 3 amide bonds. The number of methoxy groups -OCH3 is 1. The van der Waals surface area contributed by atoms with Crippen LogP contribution >= 0.6 is 11.8 Å². The first-order chi connectivity index (χ1) is 18.4. The second-order valence-corrected chi connectivity index (χ2v) is 14.4. The van der Waals surface area contributed by atoms with Crippen LogP contribution in [0.15, 0.2) is 24.3 Å². The molecule has 10 nitrogen and oxygen atoms in total. The van der Waals surface area contributed by atoms with Gasteiger partial charge < -0.3 is 20.1 Å². The fraction of sp³-hybridized carbons (Fsp3) is 0.667. The number of rotatable bonds is 10. The lowest BCUT2D eigenvalue weighted by atomic mass is 9.91. The number of carbonyl (C=O) groups excluding carboxylic acids is 3. The fourth-order valence-electron chi connectivity index (χ4n) is 4.71. The van der Waals surface area contributed by atoms with E-state index in [4.69, 9.17) is 9.47 Å². The number of benzene rings is 1. The molecule has 1 saturated carbocycles. The van der Waals surface area contributed by atoms with Crippen LogP contribution in [0.3, 0.4) is 0 Å². The fourth-order valence-corrected chi connectivity index (χ4v) is 7.76. The summed E-state index contributed by atoms with van der Waals surface area (Å²) in [6.45, 7) is 5.68. The first-order valence-corrected chi connectivity index (χ1v) is 16.3. The van der Waals surface area contributed by atoms with E-state index >= 15 is 0 Å². The Kier molecular flexibility index (Phi) is 10.9. The highest BCUT2D eigenvalue weighted by atomic mass is 32.2. The largest absolute Gasteiger partial charge is 0.497 e. The Hall–Kier alpha value is -2.47. The predicted molar refractivity (Wildman–Crippen MR) is 151 cm³/mol. The van der Waals surface area contributed by atoms with Gasteiger partial charge in [-0.3, -0.25) is 14.5 Å². The molecular weight excluding hydrogens is 542 g/mol. The SMILES string of the molecule is COc1ccc(CNC(=O)[C@H](CS(=O)(=O)CC2CCCCC2)NC(=O)C2SCCN2C(=O)OC(C)(C)C)cc1. The maximum atomic E-state index is 13.3. The molecule has 2 N–H and O–H groups in total. The van der Waals surface area contributed by atoms with E-state index < -0.39 is 50.5 Å². The second-order valence-electron chi connectivity index (χ2n) is 11.1. The van der Waals surface area contributed by atoms with E-state index in [-0.39, 0.29) is 18.2 Å². The van der Waals surface area contributed by atoms with Gasteiger partial charge in [0.15, 0.2) is 15.2 Å². The Labute approximate surface area is 235 Å². The summed E-state index contributed by atoms with van der Waals surface area (Å²) in [5.74, 6) is -0.450. The van der Waals surface area contributed by atoms with Crippen LogP contribution in [0.5, 0.6) is 5.75 Å². The Bertz CT molecular complexity index is 1100. The summed E-state index contributed by atoms with van der Waals surface area (Å²) in [6, 6.07) is 5.81. The van der Waals surface area contributed by atoms with Gasteiger partial charge in [-0.15, -0.1) is 11.8 Å². The molecule has 2 aliphatic rings. The van der Waals surface area contributed by atoms with E-state index in [0.29, 0.717) is 18.0 Å². The smallest absolute Gasteiger partial charge is 0.411 e. The number of thioether (sulfide) groups is 1. The van der Waals surface area contributed by atoms with Crippen LogP contribution in [0.1, 0.15) is 58.4 Å². The molecule has 0 bridgehead atoms. The number of nitrogens with one attached hydrogen (secondary N) is 2. The van der Waals surface area contributed by atoms with Crippen LogP contribution in [0.2, 0.25) is 0 Å². The van der Waals surface area contributed by atoms with Crippen molar-refractivity contribution in [2.24, 2.45) is 5.92 Å². The predicted octanol–water partition coefficient (Wildman–Crippen LogP) is 3.10. The van der Waals surface area contributed by atoms with Crippen molar-refractivity contribution < 1.29 is 32.3 Å². The van der Waals surface area contributed by atoms with E-state index in [1.165, 1.54) is 16.7 Å². The second kappa shape index (κ2) is 13.7. The van der Waals surface area contributed by atoms with Gasteiger partial charge in [-0.05, 0) is 57.2 Å². The minimum absolute atomic E-state index is 0.00660. The average Bonchev–Trinajstić information content (AvgIpc) is 3.37. The molecule has 12 heteroatoms. The number of hydrogen-bond donors (Lipinski definition) is 2. The molecule has 0 radical (unpaired) electrons. The number of hydrogen-bond acceptors (Lipinski definition) is 8. The summed E-state index contributed by atoms with van der Waals surface area (Å²) in [4.78, 5) is 40.5. The molecule has 1 unspecified atom stereocenters. The summed E-state index contributed by atoms with van der Waals surface area (Å²) in [5.41, 5.74) is 0.0596. The van der Waals surface area contributed by atoms with Gasteiger partial charge >= 0.3 is 6.09 Å². The zero-order valence-corrected chi connectivity index (χ0v) is 24.9. The summed E-state index contributed by atoms with van der Waals surface area (Å²) < 4.78 is 36.9. The van der Waals surface area contributed by atoms with E-state index in [0.717, 1.165) is 37.7 Å². The van der Waals surface area contributed by atoms with Gasteiger partial charge in [0.05, 0.1) is 18.6 Å². The summed E-state index contributed by atoms with van der Waals surface area (Å²) in [6.07, 6.45) is 4.19. The maximum Gasteiger partial charge on any atom is 0.411 e. The first-order valence-electron chi connectivity index (χ1n) is 13.4. The molecular formula is C27H41N3O7S2. The van der Waals surface area contributed by atoms with Crippen molar-refractivity contribution in [3.05, 3.63) is 29.8 Å². The first kappa shape index (κ1) is 31.1. The van der Waals surface area contributed by atoms with Gasteiger partial charge in [0.2, 0.25) is 5.91 Å². The van der Waals surface area contributed by atoms with Crippen LogP contribution in [0, 0.1) is 5.92 Å². The van der Waals surface area contributed by atoms with Crippen molar-refractivity contribution in [1.82, 2.24) is 15.5 Å². The molecule has 1 aromatic carbocycles. The highest BCUT2D eigenvalue weighted by Gasteiger charge is 2.39. The van der Waals surface area contributed by atoms with Gasteiger partial charge in [0, 0.05) is 18.8 Å². The molecule has 1 heterocycles. The molecule has 3 rings (SSSR count). The zero-order valence-electron chi connectivity index (χ0n) is 23.2. The monoisotopic (exact) mass is 583 g/mol. The lowest BCUT2D eigenvalue weighted by molar-refractivity contribution is -0.129. The normalized spacial score (nSPS) is 19.3. The van der Waals surface area contributed by atoms with Crippen LogP contribution in [0.25, 0.3) is 0 Å². The minimum atomic E-state index is -3.64. The Morgan fingerprint density at radius 3 is 2.38 bits per heavy atom. The molecule has 1 saturated heterocycles. The summed E-state index contributed by atoms with van der Waals surface area (Å²) in [7, 11) is -2.08. The van der Waals surface area contributed by atoms with Gasteiger partial charge in [-0.25, -0.2) is 13.2 Å². The van der Waals surface area contributed by atoms with Crippen LogP contribution in [-0.2, 0) is 30.7 Å². The highest BCUT2D eigenvalue weighted by Crippen LogP contribution is 2.27. The third-order valence-corrected chi connectivity index (χ3v) is 9.66. The van der Waals surface area contributed by atoms with Crippen LogP contribution < -0.4 is 15.4 Å². The Morgan fingerprint density at radius 1 is 1.10 bits per heavy atom. The van der Waals surface area contributed by atoms with Crippen molar-refractivity contribution >= 4 is 39.5 Å². The molecule has 1 aliphatic heterocycles. The number of amides is 3. The quantitative estimate of drug-likeness (QED) is 0.430. The van der Waals surface area contributed by atoms with Crippen LogP contribution in [0.4, 0.5) is 4.79 Å². The topological polar surface area (TPSA) is 131 Å². The highest BCUT2D eigenvalue weighted by molar-refractivity contribution is 8.00. The Balaban J connectivity index is 1.71. The third-order valence-electron chi connectivity index (χ3n) is 6.64. The van der Waals surface area contributed by atoms with Crippen molar-refractivity contribution in [3.63, 3.8) is 0 Å². The number of nitrogens with zero attached hydrogens (tertiary/aromatic N) is 1. The molecule has 0 aromatic heterocycles. The summed E-state index contributed by atoms with van der Waals surface area (Å²) >= 11 is 1.25. The average molecular weight is 584 g/mol. The summed E-state index contributed by atoms with van der Waals surface area (Å²) in [5, 5.41) is 4.47. The maximum absolute atomic E-state index is 13.3. The van der Waals surface area contributed by atoms with Gasteiger partial charge in [-0.2, -0.15) is 0 Å². The van der Waals surface area contributed by atoms with E-state index in [1.54, 1.807) is 52.1 Å². The molecule has 218 valence electrons. The molecule has 1 aliphatic carbocycles. The molecule has 1 aromatic rings. The van der Waals surface area contributed by atoms with Crippen molar-refractivity contribution in [3.8, 4) is 5.75 Å². The molecule has 2 fully saturated rings. The van der Waals surface area contributed by atoms with E-state index in [2.05, 4.69) is 10.6 Å². The van der Waals surface area contributed by atoms with E-state index in [9.17, 15) is 22.8 Å². The molecule has 0 spiro atoms. The standard InChI is InChI=1S/C27H41N3O7S2/c1-27(2,3)37-26(33)30-14-15-38-25(30)24(32)29-22(18-39(34,35)17-20-8-6-5-7-9-20)23(31)28-16-19-10-12-21(36-4)13-11-19/h10-13,20,22,25H,5-9,14-18H2,1-4H3,(H,28,31)(H,29,32)/t22-,25?/m0/s1. The van der Waals surface area contributed by atoms with Crippen molar-refractivity contribution in [2.75, 3.05) is 30.9 Å². The third kappa shape index (κ3) is 9.90. The Morgan fingerprint density at radius 2 is 1.77 bits per heavy atom. The van der Waals surface area contributed by atoms with Gasteiger partial charge in [0.1, 0.15) is 17.4 Å². The van der Waals surface area contributed by atoms with Crippen LogP contribution in [-0.4, -0.2) is 79.2 Å². The lowest BCUT2D eigenvalue weighted by Crippen LogP contribution is -2.55. The zero-order chi connectivity index (χ0) is 28.6. The van der Waals surface area contributed by atoms with E-state index in [1.807, 2.05) is 0 Å². The van der Waals surface area contributed by atoms with Crippen molar-refractivity contribution in [1.29, 1.82) is 0 Å². The number of sulfone groups is 1. The lowest BCUT2D eigenvalue weighted by Gasteiger charge is -2.28. The van der Waals surface area contributed by atoms with Crippen molar-refractivity contribution in [2.45, 2.75) is 76.4 Å².